The maximum Gasteiger partial charge on any atom is 0.416 e. The number of aromatic amines is 1. The monoisotopic (exact) mass is 498 g/mol. The van der Waals surface area contributed by atoms with Gasteiger partial charge in [-0.15, -0.1) is 0 Å². The number of pyridine rings is 1. The van der Waals surface area contributed by atoms with Crippen molar-refractivity contribution in [3.8, 4) is 22.5 Å². The van der Waals surface area contributed by atoms with Crippen molar-refractivity contribution in [2.45, 2.75) is 13.1 Å². The Morgan fingerprint density at radius 2 is 1.70 bits per heavy atom. The highest BCUT2D eigenvalue weighted by Gasteiger charge is 2.30. The zero-order valence-electron chi connectivity index (χ0n) is 19.2. The van der Waals surface area contributed by atoms with E-state index >= 15 is 0 Å². The predicted molar refractivity (Wildman–Crippen MR) is 133 cm³/mol. The Labute approximate surface area is 207 Å². The van der Waals surface area contributed by atoms with E-state index in [-0.39, 0.29) is 5.69 Å². The summed E-state index contributed by atoms with van der Waals surface area (Å²) in [6.07, 6.45) is 1.62. The molecule has 11 heteroatoms. The molecule has 2 aromatic carbocycles. The van der Waals surface area contributed by atoms with Crippen LogP contribution >= 0.6 is 0 Å². The van der Waals surface area contributed by atoms with E-state index in [0.717, 1.165) is 28.8 Å². The molecule has 37 heavy (non-hydrogen) atoms. The molecule has 4 heterocycles. The standard InChI is InChI=1S/C26H17F3N8/c1-14-7-8-18-21(31-11-34-24(18)37-16-5-2-4-15(10-16)26(27,28)29)19(14)20-17(6-3-9-30-20)22-23-25(35-12-32-22)36-13-33-23/h2-13H,1H3,(H,31,34,37)(H,32,33,35,36). The number of H-pyrrole nitrogens is 1. The molecule has 0 amide bonds. The molecule has 0 aliphatic rings. The average Bonchev–Trinajstić information content (AvgIpc) is 3.38. The van der Waals surface area contributed by atoms with Gasteiger partial charge in [0.2, 0.25) is 0 Å². The Bertz CT molecular complexity index is 1780. The SMILES string of the molecule is Cc1ccc2c(Nc3cccc(C(F)(F)F)c3)ncnc2c1-c1ncccc1-c1ncnc2nc[nH]c12. The van der Waals surface area contributed by atoms with Crippen molar-refractivity contribution in [2.75, 3.05) is 5.32 Å². The van der Waals surface area contributed by atoms with Crippen LogP contribution in [-0.4, -0.2) is 34.9 Å². The third-order valence-electron chi connectivity index (χ3n) is 5.99. The highest BCUT2D eigenvalue weighted by Crippen LogP contribution is 2.38. The van der Waals surface area contributed by atoms with Crippen molar-refractivity contribution in [2.24, 2.45) is 0 Å². The first-order valence-corrected chi connectivity index (χ1v) is 11.2. The van der Waals surface area contributed by atoms with Gasteiger partial charge in [-0.05, 0) is 48.9 Å². The smallest absolute Gasteiger partial charge is 0.341 e. The van der Waals surface area contributed by atoms with Gasteiger partial charge in [0.25, 0.3) is 0 Å². The van der Waals surface area contributed by atoms with Crippen molar-refractivity contribution in [1.82, 2.24) is 34.9 Å². The molecular formula is C26H17F3N8. The second-order valence-electron chi connectivity index (χ2n) is 8.30. The highest BCUT2D eigenvalue weighted by atomic mass is 19.4. The summed E-state index contributed by atoms with van der Waals surface area (Å²) in [4.78, 5) is 29.5. The number of alkyl halides is 3. The molecule has 0 atom stereocenters. The molecule has 8 nitrogen and oxygen atoms in total. The van der Waals surface area contributed by atoms with E-state index in [1.807, 2.05) is 31.2 Å². The number of fused-ring (bicyclic) bond motifs is 2. The number of nitrogens with zero attached hydrogens (tertiary/aromatic N) is 6. The van der Waals surface area contributed by atoms with Crippen LogP contribution in [0, 0.1) is 6.92 Å². The lowest BCUT2D eigenvalue weighted by Gasteiger charge is -2.15. The van der Waals surface area contributed by atoms with Gasteiger partial charge < -0.3 is 10.3 Å². The first-order chi connectivity index (χ1) is 17.9. The van der Waals surface area contributed by atoms with E-state index in [1.54, 1.807) is 18.6 Å². The Hall–Kier alpha value is -4.93. The average molecular weight is 498 g/mol. The van der Waals surface area contributed by atoms with Crippen molar-refractivity contribution >= 4 is 33.6 Å². The van der Waals surface area contributed by atoms with Crippen LogP contribution < -0.4 is 5.32 Å². The molecule has 0 fully saturated rings. The van der Waals surface area contributed by atoms with Crippen molar-refractivity contribution in [1.29, 1.82) is 0 Å². The van der Waals surface area contributed by atoms with Gasteiger partial charge in [-0.25, -0.2) is 24.9 Å². The zero-order chi connectivity index (χ0) is 25.6. The maximum absolute atomic E-state index is 13.2. The van der Waals surface area contributed by atoms with Crippen LogP contribution in [0.1, 0.15) is 11.1 Å². The van der Waals surface area contributed by atoms with Crippen molar-refractivity contribution in [3.05, 3.63) is 84.8 Å². The van der Waals surface area contributed by atoms with E-state index in [4.69, 9.17) is 0 Å². The minimum atomic E-state index is -4.45. The first-order valence-electron chi connectivity index (χ1n) is 11.2. The number of hydrogen-bond donors (Lipinski definition) is 2. The summed E-state index contributed by atoms with van der Waals surface area (Å²) in [5.41, 5.74) is 5.02. The molecule has 0 bridgehead atoms. The molecule has 4 aromatic heterocycles. The molecule has 6 aromatic rings. The Morgan fingerprint density at radius 3 is 2.57 bits per heavy atom. The van der Waals surface area contributed by atoms with Crippen molar-refractivity contribution in [3.63, 3.8) is 0 Å². The second-order valence-corrected chi connectivity index (χ2v) is 8.30. The number of halogens is 3. The van der Waals surface area contributed by atoms with E-state index in [0.29, 0.717) is 39.3 Å². The molecule has 0 saturated carbocycles. The lowest BCUT2D eigenvalue weighted by molar-refractivity contribution is -0.137. The lowest BCUT2D eigenvalue weighted by Crippen LogP contribution is -2.05. The summed E-state index contributed by atoms with van der Waals surface area (Å²) < 4.78 is 39.7. The van der Waals surface area contributed by atoms with Crippen LogP contribution in [0.5, 0.6) is 0 Å². The number of benzene rings is 2. The number of imidazole rings is 1. The summed E-state index contributed by atoms with van der Waals surface area (Å²) in [7, 11) is 0. The summed E-state index contributed by atoms with van der Waals surface area (Å²) in [6.45, 7) is 1.95. The van der Waals surface area contributed by atoms with Gasteiger partial charge in [0.15, 0.2) is 5.65 Å². The number of aromatic nitrogens is 7. The number of anilines is 2. The van der Waals surface area contributed by atoms with E-state index in [1.165, 1.54) is 18.7 Å². The molecule has 0 radical (unpaired) electrons. The van der Waals surface area contributed by atoms with Gasteiger partial charge in [-0.2, -0.15) is 13.2 Å². The summed E-state index contributed by atoms with van der Waals surface area (Å²) in [5, 5.41) is 3.65. The Morgan fingerprint density at radius 1 is 0.838 bits per heavy atom. The molecule has 0 spiro atoms. The van der Waals surface area contributed by atoms with Gasteiger partial charge >= 0.3 is 6.18 Å². The quantitative estimate of drug-likeness (QED) is 0.303. The number of aryl methyl sites for hydroxylation is 1. The van der Waals surface area contributed by atoms with Gasteiger partial charge in [0, 0.05) is 28.4 Å². The fourth-order valence-corrected chi connectivity index (χ4v) is 4.30. The number of nitrogens with one attached hydrogen (secondary N) is 2. The van der Waals surface area contributed by atoms with Gasteiger partial charge in [-0.1, -0.05) is 12.1 Å². The lowest BCUT2D eigenvalue weighted by atomic mass is 9.96. The molecule has 0 aliphatic carbocycles. The molecular weight excluding hydrogens is 481 g/mol. The van der Waals surface area contributed by atoms with Gasteiger partial charge in [-0.3, -0.25) is 4.98 Å². The number of rotatable bonds is 4. The topological polar surface area (TPSA) is 105 Å². The third kappa shape index (κ3) is 3.99. The van der Waals surface area contributed by atoms with E-state index < -0.39 is 11.7 Å². The highest BCUT2D eigenvalue weighted by molar-refractivity contribution is 6.04. The zero-order valence-corrected chi connectivity index (χ0v) is 19.2. The maximum atomic E-state index is 13.2. The Balaban J connectivity index is 1.52. The third-order valence-corrected chi connectivity index (χ3v) is 5.99. The molecule has 0 saturated heterocycles. The summed E-state index contributed by atoms with van der Waals surface area (Å²) in [5.74, 6) is 0.376. The van der Waals surface area contributed by atoms with Crippen LogP contribution in [-0.2, 0) is 6.18 Å². The molecule has 182 valence electrons. The van der Waals surface area contributed by atoms with Crippen molar-refractivity contribution < 1.29 is 13.2 Å². The second kappa shape index (κ2) is 8.63. The summed E-state index contributed by atoms with van der Waals surface area (Å²) >= 11 is 0. The fraction of sp³-hybridized carbons (Fsp3) is 0.0769. The fourth-order valence-electron chi connectivity index (χ4n) is 4.30. The van der Waals surface area contributed by atoms with Crippen LogP contribution in [0.15, 0.2) is 73.7 Å². The van der Waals surface area contributed by atoms with E-state index in [2.05, 4.69) is 40.2 Å². The summed E-state index contributed by atoms with van der Waals surface area (Å²) in [6, 6.07) is 12.4. The minimum absolute atomic E-state index is 0.262. The molecule has 0 aliphatic heterocycles. The largest absolute Gasteiger partial charge is 0.416 e. The number of hydrogen-bond acceptors (Lipinski definition) is 7. The van der Waals surface area contributed by atoms with Crippen LogP contribution in [0.2, 0.25) is 0 Å². The van der Waals surface area contributed by atoms with Gasteiger partial charge in [0.05, 0.1) is 23.1 Å². The Kier molecular flexibility index (Phi) is 5.25. The molecule has 6 rings (SSSR count). The predicted octanol–water partition coefficient (Wildman–Crippen LogP) is 6.10. The first kappa shape index (κ1) is 22.5. The van der Waals surface area contributed by atoms with Crippen LogP contribution in [0.4, 0.5) is 24.7 Å². The van der Waals surface area contributed by atoms with E-state index in [9.17, 15) is 13.2 Å². The molecule has 2 N–H and O–H groups in total. The van der Waals surface area contributed by atoms with Gasteiger partial charge in [0.1, 0.15) is 29.7 Å². The minimum Gasteiger partial charge on any atom is -0.341 e. The van der Waals surface area contributed by atoms with Crippen LogP contribution in [0.25, 0.3) is 44.6 Å². The normalized spacial score (nSPS) is 11.8. The van der Waals surface area contributed by atoms with Crippen LogP contribution in [0.3, 0.4) is 0 Å². The molecule has 0 unspecified atom stereocenters.